The number of hydrogen-bond acceptors (Lipinski definition) is 2. The average molecular weight is 308 g/mol. The molecule has 0 bridgehead atoms. The van der Waals surface area contributed by atoms with Crippen molar-refractivity contribution >= 4 is 17.5 Å². The smallest absolute Gasteiger partial charge is 0.253 e. The molecule has 0 aliphatic heterocycles. The molecular formula is C17H22ClNO2. The van der Waals surface area contributed by atoms with Crippen molar-refractivity contribution in [3.8, 4) is 11.8 Å². The van der Waals surface area contributed by atoms with Crippen LogP contribution in [0, 0.1) is 17.3 Å². The third-order valence-corrected chi connectivity index (χ3v) is 3.99. The van der Waals surface area contributed by atoms with Gasteiger partial charge in [0.2, 0.25) is 0 Å². The van der Waals surface area contributed by atoms with E-state index < -0.39 is 0 Å². The van der Waals surface area contributed by atoms with E-state index in [0.29, 0.717) is 16.1 Å². The first-order chi connectivity index (χ1) is 9.68. The van der Waals surface area contributed by atoms with Gasteiger partial charge in [0.05, 0.1) is 5.02 Å². The third-order valence-electron chi connectivity index (χ3n) is 3.67. The van der Waals surface area contributed by atoms with Crippen molar-refractivity contribution in [1.29, 1.82) is 0 Å². The molecule has 0 aliphatic carbocycles. The molecule has 4 heteroatoms. The number of nitrogens with zero attached hydrogens (tertiary/aromatic N) is 1. The summed E-state index contributed by atoms with van der Waals surface area (Å²) in [5.41, 5.74) is 1.14. The van der Waals surface area contributed by atoms with Crippen LogP contribution >= 0.6 is 11.6 Å². The first-order valence-electron chi connectivity index (χ1n) is 6.85. The van der Waals surface area contributed by atoms with E-state index in [2.05, 4.69) is 32.6 Å². The van der Waals surface area contributed by atoms with Crippen LogP contribution in [-0.4, -0.2) is 35.6 Å². The van der Waals surface area contributed by atoms with Crippen LogP contribution in [0.15, 0.2) is 18.2 Å². The normalized spacial score (nSPS) is 12.3. The Hall–Kier alpha value is -1.50. The standard InChI is InChI=1S/C17H22ClNO2/c1-12(17(2,3)4)19(5)16(21)14-9-8-13(7-6-10-20)15(18)11-14/h8-9,11-12,20H,10H2,1-5H3. The van der Waals surface area contributed by atoms with Crippen molar-refractivity contribution in [2.45, 2.75) is 33.7 Å². The van der Waals surface area contributed by atoms with Crippen LogP contribution in [0.1, 0.15) is 43.6 Å². The summed E-state index contributed by atoms with van der Waals surface area (Å²) >= 11 is 6.13. The Bertz CT molecular complexity index is 579. The zero-order valence-corrected chi connectivity index (χ0v) is 14.0. The molecule has 0 aliphatic rings. The lowest BCUT2D eigenvalue weighted by molar-refractivity contribution is 0.0629. The number of carbonyl (C=O) groups excluding carboxylic acids is 1. The lowest BCUT2D eigenvalue weighted by Crippen LogP contribution is -2.42. The highest BCUT2D eigenvalue weighted by Crippen LogP contribution is 2.25. The van der Waals surface area contributed by atoms with Gasteiger partial charge in [-0.05, 0) is 30.5 Å². The maximum absolute atomic E-state index is 12.5. The first kappa shape index (κ1) is 17.6. The molecule has 1 aromatic carbocycles. The molecule has 1 unspecified atom stereocenters. The zero-order valence-electron chi connectivity index (χ0n) is 13.2. The van der Waals surface area contributed by atoms with Crippen LogP contribution in [0.25, 0.3) is 0 Å². The molecule has 1 amide bonds. The number of rotatable bonds is 2. The molecule has 1 aromatic rings. The summed E-state index contributed by atoms with van der Waals surface area (Å²) in [6.45, 7) is 8.11. The SMILES string of the molecule is CC(N(C)C(=O)c1ccc(C#CCO)c(Cl)c1)C(C)(C)C. The molecule has 1 N–H and O–H groups in total. The Morgan fingerprint density at radius 3 is 2.52 bits per heavy atom. The molecule has 0 spiro atoms. The van der Waals surface area contributed by atoms with Gasteiger partial charge in [0, 0.05) is 24.2 Å². The summed E-state index contributed by atoms with van der Waals surface area (Å²) in [6.07, 6.45) is 0. The van der Waals surface area contributed by atoms with E-state index in [9.17, 15) is 4.79 Å². The maximum atomic E-state index is 12.5. The van der Waals surface area contributed by atoms with Gasteiger partial charge in [0.15, 0.2) is 0 Å². The van der Waals surface area contributed by atoms with Crippen LogP contribution in [0.3, 0.4) is 0 Å². The highest BCUT2D eigenvalue weighted by atomic mass is 35.5. The number of aliphatic hydroxyl groups is 1. The molecule has 0 heterocycles. The average Bonchev–Trinajstić information content (AvgIpc) is 2.42. The third kappa shape index (κ3) is 4.49. The molecule has 1 rings (SSSR count). The van der Waals surface area contributed by atoms with E-state index in [1.807, 2.05) is 6.92 Å². The molecule has 0 saturated heterocycles. The monoisotopic (exact) mass is 307 g/mol. The summed E-state index contributed by atoms with van der Waals surface area (Å²) in [4.78, 5) is 14.2. The lowest BCUT2D eigenvalue weighted by atomic mass is 9.87. The second kappa shape index (κ2) is 6.98. The van der Waals surface area contributed by atoms with Gasteiger partial charge >= 0.3 is 0 Å². The maximum Gasteiger partial charge on any atom is 0.253 e. The minimum absolute atomic E-state index is 0.000741. The van der Waals surface area contributed by atoms with Gasteiger partial charge in [-0.3, -0.25) is 4.79 Å². The van der Waals surface area contributed by atoms with E-state index in [0.717, 1.165) is 0 Å². The Morgan fingerprint density at radius 1 is 1.43 bits per heavy atom. The summed E-state index contributed by atoms with van der Waals surface area (Å²) in [5, 5.41) is 9.11. The molecule has 0 radical (unpaired) electrons. The summed E-state index contributed by atoms with van der Waals surface area (Å²) in [5.74, 6) is 5.22. The van der Waals surface area contributed by atoms with Crippen molar-refractivity contribution in [1.82, 2.24) is 4.90 Å². The molecule has 3 nitrogen and oxygen atoms in total. The fourth-order valence-electron chi connectivity index (χ4n) is 1.84. The fraction of sp³-hybridized carbons (Fsp3) is 0.471. The quantitative estimate of drug-likeness (QED) is 0.853. The van der Waals surface area contributed by atoms with Gasteiger partial charge in [-0.15, -0.1) is 0 Å². The van der Waals surface area contributed by atoms with Gasteiger partial charge < -0.3 is 10.0 Å². The summed E-state index contributed by atoms with van der Waals surface area (Å²) < 4.78 is 0. The van der Waals surface area contributed by atoms with Gasteiger partial charge in [-0.25, -0.2) is 0 Å². The second-order valence-electron chi connectivity index (χ2n) is 6.11. The zero-order chi connectivity index (χ0) is 16.2. The Balaban J connectivity index is 3.01. The largest absolute Gasteiger partial charge is 0.384 e. The minimum Gasteiger partial charge on any atom is -0.384 e. The van der Waals surface area contributed by atoms with Gasteiger partial charge in [0.1, 0.15) is 6.61 Å². The van der Waals surface area contributed by atoms with E-state index in [-0.39, 0.29) is 24.0 Å². The predicted octanol–water partition coefficient (Wildman–Crippen LogP) is 3.19. The predicted molar refractivity (Wildman–Crippen MR) is 86.4 cm³/mol. The van der Waals surface area contributed by atoms with Crippen molar-refractivity contribution in [3.63, 3.8) is 0 Å². The molecule has 1 atom stereocenters. The van der Waals surface area contributed by atoms with Crippen molar-refractivity contribution < 1.29 is 9.90 Å². The van der Waals surface area contributed by atoms with Crippen molar-refractivity contribution in [2.75, 3.05) is 13.7 Å². The first-order valence-corrected chi connectivity index (χ1v) is 7.22. The summed E-state index contributed by atoms with van der Waals surface area (Å²) in [6, 6.07) is 5.13. The highest BCUT2D eigenvalue weighted by Gasteiger charge is 2.27. The van der Waals surface area contributed by atoms with E-state index in [4.69, 9.17) is 16.7 Å². The van der Waals surface area contributed by atoms with Crippen LogP contribution in [-0.2, 0) is 0 Å². The van der Waals surface area contributed by atoms with Gasteiger partial charge in [0.25, 0.3) is 5.91 Å². The molecule has 0 fully saturated rings. The number of benzene rings is 1. The number of carbonyl (C=O) groups is 1. The van der Waals surface area contributed by atoms with Crippen LogP contribution < -0.4 is 0 Å². The molecule has 114 valence electrons. The Morgan fingerprint density at radius 2 is 2.05 bits per heavy atom. The number of aliphatic hydroxyl groups excluding tert-OH is 1. The van der Waals surface area contributed by atoms with Gasteiger partial charge in [-0.1, -0.05) is 44.2 Å². The highest BCUT2D eigenvalue weighted by molar-refractivity contribution is 6.32. The molecule has 0 aromatic heterocycles. The van der Waals surface area contributed by atoms with Gasteiger partial charge in [-0.2, -0.15) is 0 Å². The van der Waals surface area contributed by atoms with E-state index in [1.165, 1.54) is 0 Å². The number of hydrogen-bond donors (Lipinski definition) is 1. The Kier molecular flexibility index (Phi) is 5.83. The second-order valence-corrected chi connectivity index (χ2v) is 6.52. The van der Waals surface area contributed by atoms with Crippen LogP contribution in [0.5, 0.6) is 0 Å². The molecular weight excluding hydrogens is 286 g/mol. The topological polar surface area (TPSA) is 40.5 Å². The lowest BCUT2D eigenvalue weighted by Gasteiger charge is -2.35. The number of amides is 1. The minimum atomic E-state index is -0.219. The van der Waals surface area contributed by atoms with Crippen LogP contribution in [0.4, 0.5) is 0 Å². The van der Waals surface area contributed by atoms with E-state index >= 15 is 0 Å². The van der Waals surface area contributed by atoms with Crippen molar-refractivity contribution in [3.05, 3.63) is 34.3 Å². The fourth-order valence-corrected chi connectivity index (χ4v) is 2.07. The number of halogens is 1. The molecule has 21 heavy (non-hydrogen) atoms. The van der Waals surface area contributed by atoms with Crippen molar-refractivity contribution in [2.24, 2.45) is 5.41 Å². The molecule has 0 saturated carbocycles. The van der Waals surface area contributed by atoms with Crippen LogP contribution in [0.2, 0.25) is 5.02 Å². The summed E-state index contributed by atoms with van der Waals surface area (Å²) in [7, 11) is 1.80. The Labute approximate surface area is 131 Å². The van der Waals surface area contributed by atoms with E-state index in [1.54, 1.807) is 30.1 Å².